The first kappa shape index (κ1) is 5.58. The third-order valence-corrected chi connectivity index (χ3v) is 1.66. The summed E-state index contributed by atoms with van der Waals surface area (Å²) in [4.78, 5) is 12.5. The summed E-state index contributed by atoms with van der Waals surface area (Å²) in [7, 11) is 0. The minimum atomic E-state index is -0.215. The van der Waals surface area contributed by atoms with Gasteiger partial charge >= 0.3 is 6.09 Å². The zero-order valence-corrected chi connectivity index (χ0v) is 5.46. The quantitative estimate of drug-likeness (QED) is 0.510. The number of nitrogens with one attached hydrogen (secondary N) is 1. The van der Waals surface area contributed by atoms with Gasteiger partial charge in [0.05, 0.1) is 5.70 Å². The highest BCUT2D eigenvalue weighted by molar-refractivity contribution is 5.73. The first-order valence-corrected chi connectivity index (χ1v) is 3.24. The SMILES string of the molecule is O=C1OCC2=CNCCN12. The molecule has 0 aromatic rings. The van der Waals surface area contributed by atoms with Crippen molar-refractivity contribution < 1.29 is 9.53 Å². The van der Waals surface area contributed by atoms with Gasteiger partial charge in [0.25, 0.3) is 0 Å². The van der Waals surface area contributed by atoms with E-state index in [0.717, 1.165) is 18.8 Å². The third-order valence-electron chi connectivity index (χ3n) is 1.66. The molecule has 0 unspecified atom stereocenters. The van der Waals surface area contributed by atoms with Crippen LogP contribution in [0.4, 0.5) is 4.79 Å². The molecular formula is C6H8N2O2. The Bertz CT molecular complexity index is 200. The van der Waals surface area contributed by atoms with Crippen LogP contribution < -0.4 is 5.32 Å². The second-order valence-corrected chi connectivity index (χ2v) is 2.30. The summed E-state index contributed by atoms with van der Waals surface area (Å²) in [5.41, 5.74) is 0.941. The molecule has 0 bridgehead atoms. The van der Waals surface area contributed by atoms with Gasteiger partial charge in [0, 0.05) is 19.3 Å². The molecule has 1 saturated heterocycles. The number of fused-ring (bicyclic) bond motifs is 1. The fourth-order valence-corrected chi connectivity index (χ4v) is 1.13. The number of hydrogen-bond donors (Lipinski definition) is 1. The first-order chi connectivity index (χ1) is 4.88. The molecule has 1 fully saturated rings. The van der Waals surface area contributed by atoms with Crippen LogP contribution in [0.15, 0.2) is 11.9 Å². The van der Waals surface area contributed by atoms with E-state index in [2.05, 4.69) is 5.32 Å². The average Bonchev–Trinajstić information content (AvgIpc) is 2.34. The van der Waals surface area contributed by atoms with E-state index < -0.39 is 0 Å². The molecule has 1 amide bonds. The Kier molecular flexibility index (Phi) is 1.06. The van der Waals surface area contributed by atoms with Crippen LogP contribution in [-0.2, 0) is 4.74 Å². The van der Waals surface area contributed by atoms with Crippen LogP contribution in [0.5, 0.6) is 0 Å². The maximum absolute atomic E-state index is 10.8. The van der Waals surface area contributed by atoms with E-state index in [9.17, 15) is 4.79 Å². The van der Waals surface area contributed by atoms with Gasteiger partial charge in [0.2, 0.25) is 0 Å². The largest absolute Gasteiger partial charge is 0.443 e. The standard InChI is InChI=1S/C6H8N2O2/c9-6-8-2-1-7-3-5(8)4-10-6/h3,7H,1-2,4H2. The van der Waals surface area contributed by atoms with E-state index in [0.29, 0.717) is 6.61 Å². The number of carbonyl (C=O) groups is 1. The van der Waals surface area contributed by atoms with Crippen LogP contribution in [0.25, 0.3) is 0 Å². The second-order valence-electron chi connectivity index (χ2n) is 2.30. The number of amides is 1. The number of rotatable bonds is 0. The molecule has 4 nitrogen and oxygen atoms in total. The van der Waals surface area contributed by atoms with Crippen molar-refractivity contribution in [3.8, 4) is 0 Å². The Balaban J connectivity index is 2.25. The number of ether oxygens (including phenoxy) is 1. The smallest absolute Gasteiger partial charge is 0.414 e. The van der Waals surface area contributed by atoms with Crippen molar-refractivity contribution in [3.05, 3.63) is 11.9 Å². The van der Waals surface area contributed by atoms with Crippen molar-refractivity contribution in [2.24, 2.45) is 0 Å². The molecule has 0 saturated carbocycles. The molecule has 2 rings (SSSR count). The van der Waals surface area contributed by atoms with Crippen LogP contribution in [0.2, 0.25) is 0 Å². The predicted molar refractivity (Wildman–Crippen MR) is 34.1 cm³/mol. The fraction of sp³-hybridized carbons (Fsp3) is 0.500. The Labute approximate surface area is 58.4 Å². The molecule has 0 aliphatic carbocycles. The summed E-state index contributed by atoms with van der Waals surface area (Å²) in [5.74, 6) is 0. The van der Waals surface area contributed by atoms with E-state index in [-0.39, 0.29) is 6.09 Å². The number of cyclic esters (lactones) is 1. The van der Waals surface area contributed by atoms with Crippen LogP contribution in [0.3, 0.4) is 0 Å². The summed E-state index contributed by atoms with van der Waals surface area (Å²) >= 11 is 0. The Hall–Kier alpha value is -1.19. The first-order valence-electron chi connectivity index (χ1n) is 3.24. The van der Waals surface area contributed by atoms with Crippen LogP contribution >= 0.6 is 0 Å². The van der Waals surface area contributed by atoms with E-state index in [1.165, 1.54) is 0 Å². The molecule has 2 aliphatic heterocycles. The van der Waals surface area contributed by atoms with E-state index in [1.807, 2.05) is 6.20 Å². The molecule has 54 valence electrons. The summed E-state index contributed by atoms with van der Waals surface area (Å²) in [6.45, 7) is 1.97. The molecule has 0 atom stereocenters. The second kappa shape index (κ2) is 1.90. The highest BCUT2D eigenvalue weighted by Gasteiger charge is 2.28. The Morgan fingerprint density at radius 3 is 3.40 bits per heavy atom. The highest BCUT2D eigenvalue weighted by Crippen LogP contribution is 2.15. The molecule has 2 aliphatic rings. The molecule has 0 spiro atoms. The van der Waals surface area contributed by atoms with Crippen molar-refractivity contribution in [2.75, 3.05) is 19.7 Å². The lowest BCUT2D eigenvalue weighted by Gasteiger charge is -2.18. The molecule has 0 aromatic carbocycles. The maximum Gasteiger partial charge on any atom is 0.414 e. The van der Waals surface area contributed by atoms with E-state index >= 15 is 0 Å². The average molecular weight is 140 g/mol. The normalized spacial score (nSPS) is 23.0. The van der Waals surface area contributed by atoms with Gasteiger partial charge in [-0.15, -0.1) is 0 Å². The maximum atomic E-state index is 10.8. The summed E-state index contributed by atoms with van der Waals surface area (Å²) in [5, 5.41) is 3.04. The highest BCUT2D eigenvalue weighted by atomic mass is 16.6. The Morgan fingerprint density at radius 2 is 2.60 bits per heavy atom. The van der Waals surface area contributed by atoms with Crippen molar-refractivity contribution in [1.29, 1.82) is 0 Å². The lowest BCUT2D eigenvalue weighted by atomic mass is 10.4. The fourth-order valence-electron chi connectivity index (χ4n) is 1.13. The molecule has 0 aromatic heterocycles. The zero-order valence-electron chi connectivity index (χ0n) is 5.46. The minimum Gasteiger partial charge on any atom is -0.443 e. The van der Waals surface area contributed by atoms with Gasteiger partial charge in [-0.25, -0.2) is 4.79 Å². The van der Waals surface area contributed by atoms with Gasteiger partial charge in [-0.2, -0.15) is 0 Å². The zero-order chi connectivity index (χ0) is 6.97. The molecular weight excluding hydrogens is 132 g/mol. The molecule has 0 radical (unpaired) electrons. The lowest BCUT2D eigenvalue weighted by Crippen LogP contribution is -2.34. The Morgan fingerprint density at radius 1 is 1.70 bits per heavy atom. The van der Waals surface area contributed by atoms with Gasteiger partial charge in [0.15, 0.2) is 0 Å². The molecule has 1 N–H and O–H groups in total. The number of carbonyl (C=O) groups excluding carboxylic acids is 1. The molecule has 10 heavy (non-hydrogen) atoms. The summed E-state index contributed by atoms with van der Waals surface area (Å²) in [6.07, 6.45) is 1.61. The van der Waals surface area contributed by atoms with Crippen molar-refractivity contribution in [1.82, 2.24) is 10.2 Å². The van der Waals surface area contributed by atoms with Gasteiger partial charge in [-0.1, -0.05) is 0 Å². The number of nitrogens with zero attached hydrogens (tertiary/aromatic N) is 1. The van der Waals surface area contributed by atoms with Gasteiger partial charge in [0.1, 0.15) is 6.61 Å². The van der Waals surface area contributed by atoms with Gasteiger partial charge in [-0.3, -0.25) is 4.90 Å². The van der Waals surface area contributed by atoms with Crippen LogP contribution in [0, 0.1) is 0 Å². The third kappa shape index (κ3) is 0.650. The topological polar surface area (TPSA) is 41.6 Å². The monoisotopic (exact) mass is 140 g/mol. The van der Waals surface area contributed by atoms with E-state index in [1.54, 1.807) is 4.90 Å². The number of hydrogen-bond acceptors (Lipinski definition) is 3. The lowest BCUT2D eigenvalue weighted by molar-refractivity contribution is 0.159. The minimum absolute atomic E-state index is 0.215. The van der Waals surface area contributed by atoms with Crippen LogP contribution in [-0.4, -0.2) is 30.7 Å². The van der Waals surface area contributed by atoms with Gasteiger partial charge < -0.3 is 10.1 Å². The predicted octanol–water partition coefficient (Wildman–Crippen LogP) is -0.117. The summed E-state index contributed by atoms with van der Waals surface area (Å²) < 4.78 is 4.78. The van der Waals surface area contributed by atoms with Crippen molar-refractivity contribution in [2.45, 2.75) is 0 Å². The van der Waals surface area contributed by atoms with Crippen LogP contribution in [0.1, 0.15) is 0 Å². The van der Waals surface area contributed by atoms with Gasteiger partial charge in [-0.05, 0) is 0 Å². The summed E-state index contributed by atoms with van der Waals surface area (Å²) in [6, 6.07) is 0. The van der Waals surface area contributed by atoms with E-state index in [4.69, 9.17) is 4.74 Å². The molecule has 2 heterocycles. The van der Waals surface area contributed by atoms with Crippen molar-refractivity contribution in [3.63, 3.8) is 0 Å². The van der Waals surface area contributed by atoms with Crippen molar-refractivity contribution >= 4 is 6.09 Å². The molecule has 4 heteroatoms.